The third kappa shape index (κ3) is 4.10. The molecule has 2 atom stereocenters. The van der Waals surface area contributed by atoms with Crippen LogP contribution in [0.1, 0.15) is 37.8 Å². The van der Waals surface area contributed by atoms with Crippen LogP contribution in [0.3, 0.4) is 0 Å². The number of nitrogens with zero attached hydrogens (tertiary/aromatic N) is 4. The number of rotatable bonds is 5. The molecule has 0 radical (unpaired) electrons. The Bertz CT molecular complexity index is 1500. The number of anilines is 2. The maximum Gasteiger partial charge on any atom is 0.268 e. The first-order chi connectivity index (χ1) is 16.6. The molecule has 1 aromatic carbocycles. The Labute approximate surface area is 203 Å². The fourth-order valence-electron chi connectivity index (χ4n) is 5.00. The van der Waals surface area contributed by atoms with Crippen molar-refractivity contribution >= 4 is 32.5 Å². The largest absolute Gasteiger partial charge is 0.388 e. The van der Waals surface area contributed by atoms with Crippen LogP contribution in [0.5, 0.6) is 0 Å². The SMILES string of the molecule is C#Cc1cc2cnc(Nc3ccc(S(=O)(=O)C4CN(C)C4)cc3)nc2n([C@@H]2CCC[C@@]2(C)O)c1=O. The Balaban J connectivity index is 1.49. The van der Waals surface area contributed by atoms with Crippen LogP contribution in [0.2, 0.25) is 0 Å². The number of likely N-dealkylation sites (tertiary alicyclic amines) is 1. The van der Waals surface area contributed by atoms with Crippen molar-refractivity contribution in [1.29, 1.82) is 0 Å². The number of nitrogens with one attached hydrogen (secondary N) is 1. The van der Waals surface area contributed by atoms with E-state index < -0.39 is 21.5 Å². The fraction of sp³-hybridized carbons (Fsp3) is 0.400. The fourth-order valence-corrected chi connectivity index (χ4v) is 6.80. The van der Waals surface area contributed by atoms with Gasteiger partial charge < -0.3 is 15.3 Å². The summed E-state index contributed by atoms with van der Waals surface area (Å²) in [5.74, 6) is 2.67. The van der Waals surface area contributed by atoms with Gasteiger partial charge in [-0.25, -0.2) is 13.4 Å². The second-order valence-corrected chi connectivity index (χ2v) is 11.9. The molecule has 2 aliphatic rings. The second kappa shape index (κ2) is 8.45. The molecule has 0 spiro atoms. The van der Waals surface area contributed by atoms with Crippen molar-refractivity contribution in [3.63, 3.8) is 0 Å². The van der Waals surface area contributed by atoms with Crippen LogP contribution in [-0.2, 0) is 9.84 Å². The van der Waals surface area contributed by atoms with Gasteiger partial charge in [-0.15, -0.1) is 6.42 Å². The third-order valence-electron chi connectivity index (χ3n) is 7.03. The smallest absolute Gasteiger partial charge is 0.268 e. The van der Waals surface area contributed by atoms with Crippen LogP contribution >= 0.6 is 0 Å². The second-order valence-electron chi connectivity index (χ2n) is 9.65. The Morgan fingerprint density at radius 3 is 2.57 bits per heavy atom. The first kappa shape index (κ1) is 23.5. The van der Waals surface area contributed by atoms with E-state index in [-0.39, 0.29) is 27.2 Å². The summed E-state index contributed by atoms with van der Waals surface area (Å²) in [6.07, 6.45) is 9.14. The van der Waals surface area contributed by atoms with E-state index in [1.807, 2.05) is 11.9 Å². The minimum atomic E-state index is -3.37. The molecule has 0 amide bonds. The zero-order chi connectivity index (χ0) is 25.0. The molecule has 35 heavy (non-hydrogen) atoms. The van der Waals surface area contributed by atoms with Crippen LogP contribution in [0.4, 0.5) is 11.6 Å². The number of pyridine rings is 1. The molecule has 1 saturated carbocycles. The van der Waals surface area contributed by atoms with Crippen LogP contribution in [-0.4, -0.2) is 63.9 Å². The zero-order valence-electron chi connectivity index (χ0n) is 19.6. The van der Waals surface area contributed by atoms with Gasteiger partial charge in [0, 0.05) is 30.4 Å². The Morgan fingerprint density at radius 2 is 1.97 bits per heavy atom. The predicted octanol–water partition coefficient (Wildman–Crippen LogP) is 2.08. The first-order valence-corrected chi connectivity index (χ1v) is 13.1. The van der Waals surface area contributed by atoms with E-state index >= 15 is 0 Å². The molecule has 5 rings (SSSR count). The summed E-state index contributed by atoms with van der Waals surface area (Å²) in [7, 11) is -1.48. The Hall–Kier alpha value is -3.26. The van der Waals surface area contributed by atoms with Crippen molar-refractivity contribution in [1.82, 2.24) is 19.4 Å². The van der Waals surface area contributed by atoms with E-state index in [1.54, 1.807) is 43.5 Å². The number of fused-ring (bicyclic) bond motifs is 1. The topological polar surface area (TPSA) is 117 Å². The van der Waals surface area contributed by atoms with E-state index in [0.717, 1.165) is 6.42 Å². The van der Waals surface area contributed by atoms with Crippen molar-refractivity contribution < 1.29 is 13.5 Å². The van der Waals surface area contributed by atoms with E-state index in [1.165, 1.54) is 4.57 Å². The van der Waals surface area contributed by atoms with Crippen LogP contribution in [0.25, 0.3) is 11.0 Å². The lowest BCUT2D eigenvalue weighted by molar-refractivity contribution is 0.0266. The molecule has 0 unspecified atom stereocenters. The number of hydrogen-bond acceptors (Lipinski definition) is 8. The average Bonchev–Trinajstić information content (AvgIpc) is 3.15. The maximum absolute atomic E-state index is 13.2. The molecule has 2 aromatic heterocycles. The molecule has 2 fully saturated rings. The molecule has 3 heterocycles. The molecule has 9 nitrogen and oxygen atoms in total. The van der Waals surface area contributed by atoms with Gasteiger partial charge in [0.15, 0.2) is 9.84 Å². The summed E-state index contributed by atoms with van der Waals surface area (Å²) in [6, 6.07) is 7.60. The highest BCUT2D eigenvalue weighted by Crippen LogP contribution is 2.39. The van der Waals surface area contributed by atoms with Gasteiger partial charge in [-0.3, -0.25) is 9.36 Å². The Kier molecular flexibility index (Phi) is 5.67. The van der Waals surface area contributed by atoms with Gasteiger partial charge in [-0.2, -0.15) is 4.98 Å². The summed E-state index contributed by atoms with van der Waals surface area (Å²) in [4.78, 5) is 24.3. The highest BCUT2D eigenvalue weighted by atomic mass is 32.2. The number of sulfone groups is 1. The summed E-state index contributed by atoms with van der Waals surface area (Å²) in [5, 5.41) is 14.2. The third-order valence-corrected chi connectivity index (χ3v) is 9.13. The van der Waals surface area contributed by atoms with E-state index in [2.05, 4.69) is 21.2 Å². The maximum atomic E-state index is 13.2. The van der Waals surface area contributed by atoms with Crippen LogP contribution in [0.15, 0.2) is 46.2 Å². The summed E-state index contributed by atoms with van der Waals surface area (Å²) < 4.78 is 27.0. The molecule has 1 aliphatic carbocycles. The van der Waals surface area contributed by atoms with Gasteiger partial charge in [-0.1, -0.05) is 5.92 Å². The summed E-state index contributed by atoms with van der Waals surface area (Å²) >= 11 is 0. The summed E-state index contributed by atoms with van der Waals surface area (Å²) in [6.45, 7) is 2.79. The molecule has 1 aliphatic heterocycles. The first-order valence-electron chi connectivity index (χ1n) is 11.5. The van der Waals surface area contributed by atoms with Gasteiger partial charge in [0.1, 0.15) is 5.65 Å². The molecule has 1 saturated heterocycles. The summed E-state index contributed by atoms with van der Waals surface area (Å²) in [5.41, 5.74) is -0.242. The van der Waals surface area contributed by atoms with Crippen molar-refractivity contribution in [2.45, 2.75) is 48.0 Å². The van der Waals surface area contributed by atoms with E-state index in [9.17, 15) is 18.3 Å². The van der Waals surface area contributed by atoms with Gasteiger partial charge >= 0.3 is 0 Å². The average molecular weight is 494 g/mol. The molecular weight excluding hydrogens is 466 g/mol. The quantitative estimate of drug-likeness (QED) is 0.519. The van der Waals surface area contributed by atoms with Crippen LogP contribution < -0.4 is 10.9 Å². The van der Waals surface area contributed by atoms with Gasteiger partial charge in [0.2, 0.25) is 5.95 Å². The number of hydrogen-bond donors (Lipinski definition) is 2. The standard InChI is InChI=1S/C25H27N5O4S/c1-4-16-12-17-13-26-24(28-22(17)30(23(16)31)21-6-5-11-25(21,2)32)27-18-7-9-19(10-8-18)35(33,34)20-14-29(3)15-20/h1,7-10,12-13,20-21,32H,5-6,11,14-15H2,2-3H3,(H,26,27,28)/t21-,25-/m1/s1. The van der Waals surface area contributed by atoms with Crippen molar-refractivity contribution in [2.75, 3.05) is 25.5 Å². The van der Waals surface area contributed by atoms with Gasteiger partial charge in [-0.05, 0) is 63.6 Å². The molecule has 0 bridgehead atoms. The zero-order valence-corrected chi connectivity index (χ0v) is 20.4. The molecular formula is C25H27N5O4S. The van der Waals surface area contributed by atoms with E-state index in [4.69, 9.17) is 6.42 Å². The molecule has 10 heteroatoms. The minimum absolute atomic E-state index is 0.193. The van der Waals surface area contributed by atoms with Gasteiger partial charge in [0.25, 0.3) is 5.56 Å². The lowest BCUT2D eigenvalue weighted by Gasteiger charge is -2.35. The predicted molar refractivity (Wildman–Crippen MR) is 133 cm³/mol. The molecule has 182 valence electrons. The van der Waals surface area contributed by atoms with Crippen molar-refractivity contribution in [3.8, 4) is 12.3 Å². The molecule has 3 aromatic rings. The number of terminal acetylenes is 1. The normalized spacial score (nSPS) is 23.2. The highest BCUT2D eigenvalue weighted by Gasteiger charge is 2.40. The lowest BCUT2D eigenvalue weighted by Crippen LogP contribution is -2.52. The van der Waals surface area contributed by atoms with Crippen molar-refractivity contribution in [3.05, 3.63) is 52.4 Å². The highest BCUT2D eigenvalue weighted by molar-refractivity contribution is 7.92. The number of benzene rings is 1. The Morgan fingerprint density at radius 1 is 1.26 bits per heavy atom. The monoisotopic (exact) mass is 493 g/mol. The van der Waals surface area contributed by atoms with Crippen molar-refractivity contribution in [2.24, 2.45) is 0 Å². The number of aromatic nitrogens is 3. The van der Waals surface area contributed by atoms with E-state index in [0.29, 0.717) is 42.7 Å². The van der Waals surface area contributed by atoms with Gasteiger partial charge in [0.05, 0.1) is 27.4 Å². The minimum Gasteiger partial charge on any atom is -0.388 e. The lowest BCUT2D eigenvalue weighted by atomic mass is 9.99. The number of aliphatic hydroxyl groups is 1. The van der Waals surface area contributed by atoms with Crippen LogP contribution in [0, 0.1) is 12.3 Å². The molecule has 2 N–H and O–H groups in total.